The molecule has 4 nitrogen and oxygen atoms in total. The Bertz CT molecular complexity index is 735. The molecular weight excluding hydrogens is 326 g/mol. The molecule has 0 aliphatic carbocycles. The highest BCUT2D eigenvalue weighted by Crippen LogP contribution is 2.24. The fourth-order valence-corrected chi connectivity index (χ4v) is 2.30. The number of nitriles is 1. The normalized spacial score (nSPS) is 10.0. The van der Waals surface area contributed by atoms with Crippen molar-refractivity contribution in [1.82, 2.24) is 0 Å². The van der Waals surface area contributed by atoms with Crippen LogP contribution in [0.2, 0.25) is 5.02 Å². The molecule has 0 radical (unpaired) electrons. The fourth-order valence-electron chi connectivity index (χ4n) is 2.05. The molecule has 0 spiro atoms. The highest BCUT2D eigenvalue weighted by molar-refractivity contribution is 6.33. The Labute approximate surface area is 146 Å². The van der Waals surface area contributed by atoms with E-state index in [9.17, 15) is 4.79 Å². The number of nitrogens with zero attached hydrogens (tertiary/aromatic N) is 1. The third-order valence-corrected chi connectivity index (χ3v) is 3.68. The number of hydrogen-bond donors (Lipinski definition) is 0. The average molecular weight is 344 g/mol. The fraction of sp³-hybridized carbons (Fsp3) is 0.263. The van der Waals surface area contributed by atoms with Crippen LogP contribution in [0.4, 0.5) is 0 Å². The molecule has 0 fully saturated rings. The summed E-state index contributed by atoms with van der Waals surface area (Å²) in [4.78, 5) is 12.2. The number of benzene rings is 2. The van der Waals surface area contributed by atoms with Crippen molar-refractivity contribution in [2.45, 2.75) is 26.2 Å². The first-order valence-corrected chi connectivity index (χ1v) is 8.16. The summed E-state index contributed by atoms with van der Waals surface area (Å²) in [6.45, 7) is 2.75. The third-order valence-electron chi connectivity index (χ3n) is 3.37. The van der Waals surface area contributed by atoms with Crippen LogP contribution in [0, 0.1) is 11.3 Å². The molecule has 0 aromatic heterocycles. The number of esters is 1. The predicted molar refractivity (Wildman–Crippen MR) is 92.6 cm³/mol. The Kier molecular flexibility index (Phi) is 6.65. The van der Waals surface area contributed by atoms with Gasteiger partial charge in [0.05, 0.1) is 28.8 Å². The van der Waals surface area contributed by atoms with E-state index < -0.39 is 5.97 Å². The van der Waals surface area contributed by atoms with Gasteiger partial charge in [-0.3, -0.25) is 0 Å². The van der Waals surface area contributed by atoms with Crippen LogP contribution in [0.5, 0.6) is 11.5 Å². The summed E-state index contributed by atoms with van der Waals surface area (Å²) in [5, 5.41) is 9.03. The quantitative estimate of drug-likeness (QED) is 0.403. The van der Waals surface area contributed by atoms with Crippen molar-refractivity contribution in [2.24, 2.45) is 0 Å². The van der Waals surface area contributed by atoms with E-state index in [1.807, 2.05) is 6.07 Å². The molecule has 0 saturated carbocycles. The lowest BCUT2D eigenvalue weighted by Gasteiger charge is -2.09. The summed E-state index contributed by atoms with van der Waals surface area (Å²) in [5.74, 6) is 0.434. The number of ether oxygens (including phenoxy) is 2. The van der Waals surface area contributed by atoms with E-state index in [0.717, 1.165) is 19.3 Å². The molecular formula is C19H18ClNO3. The second kappa shape index (κ2) is 8.95. The topological polar surface area (TPSA) is 59.3 Å². The maximum absolute atomic E-state index is 12.2. The highest BCUT2D eigenvalue weighted by Gasteiger charge is 2.14. The van der Waals surface area contributed by atoms with Gasteiger partial charge in [0.15, 0.2) is 0 Å². The second-order valence-corrected chi connectivity index (χ2v) is 5.63. The Morgan fingerprint density at radius 1 is 1.12 bits per heavy atom. The first-order valence-electron chi connectivity index (χ1n) is 7.78. The predicted octanol–water partition coefficient (Wildman–Crippen LogP) is 5.00. The number of hydrogen-bond acceptors (Lipinski definition) is 4. The van der Waals surface area contributed by atoms with Gasteiger partial charge in [0, 0.05) is 0 Å². The summed E-state index contributed by atoms with van der Waals surface area (Å²) in [7, 11) is 0. The summed E-state index contributed by atoms with van der Waals surface area (Å²) in [6.07, 6.45) is 3.23. The maximum Gasteiger partial charge on any atom is 0.345 e. The summed E-state index contributed by atoms with van der Waals surface area (Å²) < 4.78 is 10.9. The summed E-state index contributed by atoms with van der Waals surface area (Å²) in [6, 6.07) is 13.2. The van der Waals surface area contributed by atoms with Crippen LogP contribution in [0.25, 0.3) is 0 Å². The van der Waals surface area contributed by atoms with E-state index in [-0.39, 0.29) is 10.6 Å². The first-order chi connectivity index (χ1) is 11.6. The lowest BCUT2D eigenvalue weighted by Crippen LogP contribution is -2.09. The van der Waals surface area contributed by atoms with Crippen LogP contribution in [-0.4, -0.2) is 12.6 Å². The minimum atomic E-state index is -0.553. The van der Waals surface area contributed by atoms with E-state index in [0.29, 0.717) is 23.7 Å². The lowest BCUT2D eigenvalue weighted by atomic mass is 10.2. The van der Waals surface area contributed by atoms with Gasteiger partial charge in [-0.2, -0.15) is 5.26 Å². The van der Waals surface area contributed by atoms with Gasteiger partial charge in [-0.1, -0.05) is 31.4 Å². The average Bonchev–Trinajstić information content (AvgIpc) is 2.59. The maximum atomic E-state index is 12.2. The van der Waals surface area contributed by atoms with Crippen molar-refractivity contribution < 1.29 is 14.3 Å². The Morgan fingerprint density at radius 2 is 1.83 bits per heavy atom. The third kappa shape index (κ3) is 5.00. The zero-order valence-corrected chi connectivity index (χ0v) is 14.2. The van der Waals surface area contributed by atoms with Crippen molar-refractivity contribution in [3.05, 3.63) is 58.6 Å². The van der Waals surface area contributed by atoms with Crippen molar-refractivity contribution >= 4 is 17.6 Å². The van der Waals surface area contributed by atoms with E-state index in [4.69, 9.17) is 26.3 Å². The van der Waals surface area contributed by atoms with Crippen molar-refractivity contribution in [1.29, 1.82) is 5.26 Å². The van der Waals surface area contributed by atoms with Crippen LogP contribution in [-0.2, 0) is 0 Å². The van der Waals surface area contributed by atoms with Crippen molar-refractivity contribution in [3.63, 3.8) is 0 Å². The minimum Gasteiger partial charge on any atom is -0.494 e. The molecule has 2 aromatic carbocycles. The summed E-state index contributed by atoms with van der Waals surface area (Å²) >= 11 is 6.15. The molecule has 0 N–H and O–H groups in total. The van der Waals surface area contributed by atoms with E-state index in [1.165, 1.54) is 0 Å². The van der Waals surface area contributed by atoms with Gasteiger partial charge in [-0.25, -0.2) is 4.79 Å². The zero-order chi connectivity index (χ0) is 17.4. The summed E-state index contributed by atoms with van der Waals surface area (Å²) in [5.41, 5.74) is 0.763. The van der Waals surface area contributed by atoms with Gasteiger partial charge in [-0.15, -0.1) is 0 Å². The number of carbonyl (C=O) groups excluding carboxylic acids is 1. The Morgan fingerprint density at radius 3 is 2.46 bits per heavy atom. The molecule has 5 heteroatoms. The van der Waals surface area contributed by atoms with Gasteiger partial charge in [0.1, 0.15) is 11.5 Å². The molecule has 0 bridgehead atoms. The Balaban J connectivity index is 2.00. The number of rotatable bonds is 7. The van der Waals surface area contributed by atoms with Gasteiger partial charge >= 0.3 is 5.97 Å². The first kappa shape index (κ1) is 17.8. The van der Waals surface area contributed by atoms with Gasteiger partial charge < -0.3 is 9.47 Å². The molecule has 0 amide bonds. The van der Waals surface area contributed by atoms with Gasteiger partial charge in [-0.05, 0) is 48.9 Å². The molecule has 2 aromatic rings. The monoisotopic (exact) mass is 343 g/mol. The molecule has 124 valence electrons. The Hall–Kier alpha value is -2.51. The van der Waals surface area contributed by atoms with Gasteiger partial charge in [0.2, 0.25) is 0 Å². The molecule has 0 aliphatic rings. The van der Waals surface area contributed by atoms with Gasteiger partial charge in [0.25, 0.3) is 0 Å². The second-order valence-electron chi connectivity index (χ2n) is 5.22. The molecule has 0 heterocycles. The highest BCUT2D eigenvalue weighted by atomic mass is 35.5. The largest absolute Gasteiger partial charge is 0.494 e. The molecule has 2 rings (SSSR count). The molecule has 0 unspecified atom stereocenters. The minimum absolute atomic E-state index is 0.266. The molecule has 24 heavy (non-hydrogen) atoms. The standard InChI is InChI=1S/C19H18ClNO3/c1-2-3-4-11-23-16-9-10-17(18(20)12-16)19(22)24-15-7-5-14(13-21)6-8-15/h5-10,12H,2-4,11H2,1H3. The smallest absolute Gasteiger partial charge is 0.345 e. The van der Waals surface area contributed by atoms with Crippen molar-refractivity contribution in [2.75, 3.05) is 6.61 Å². The SMILES string of the molecule is CCCCCOc1ccc(C(=O)Oc2ccc(C#N)cc2)c(Cl)c1. The lowest BCUT2D eigenvalue weighted by molar-refractivity contribution is 0.0735. The number of carbonyl (C=O) groups is 1. The van der Waals surface area contributed by atoms with Crippen LogP contribution in [0.1, 0.15) is 42.1 Å². The molecule has 0 saturated heterocycles. The van der Waals surface area contributed by atoms with Crippen LogP contribution < -0.4 is 9.47 Å². The number of halogens is 1. The van der Waals surface area contributed by atoms with Crippen LogP contribution in [0.15, 0.2) is 42.5 Å². The molecule has 0 atom stereocenters. The zero-order valence-electron chi connectivity index (χ0n) is 13.4. The van der Waals surface area contributed by atoms with Crippen LogP contribution in [0.3, 0.4) is 0 Å². The van der Waals surface area contributed by atoms with Crippen LogP contribution >= 0.6 is 11.6 Å². The van der Waals surface area contributed by atoms with E-state index in [1.54, 1.807) is 42.5 Å². The van der Waals surface area contributed by atoms with E-state index in [2.05, 4.69) is 6.92 Å². The van der Waals surface area contributed by atoms with Crippen molar-refractivity contribution in [3.8, 4) is 17.6 Å². The van der Waals surface area contributed by atoms with E-state index >= 15 is 0 Å². The molecule has 0 aliphatic heterocycles. The number of unbranched alkanes of at least 4 members (excludes halogenated alkanes) is 2.